The highest BCUT2D eigenvalue weighted by Crippen LogP contribution is 2.24. The van der Waals surface area contributed by atoms with Gasteiger partial charge < -0.3 is 10.2 Å². The summed E-state index contributed by atoms with van der Waals surface area (Å²) < 4.78 is 0. The first-order valence-corrected chi connectivity index (χ1v) is 6.31. The van der Waals surface area contributed by atoms with Gasteiger partial charge in [-0.2, -0.15) is 0 Å². The number of nitrogens with zero attached hydrogens (tertiary/aromatic N) is 1. The van der Waals surface area contributed by atoms with Crippen molar-refractivity contribution in [1.29, 1.82) is 0 Å². The first-order valence-electron chi connectivity index (χ1n) is 6.31. The Morgan fingerprint density at radius 3 is 2.62 bits per heavy atom. The lowest BCUT2D eigenvalue weighted by Gasteiger charge is -2.35. The van der Waals surface area contributed by atoms with Crippen molar-refractivity contribution in [3.05, 3.63) is 29.8 Å². The molecule has 1 fully saturated rings. The van der Waals surface area contributed by atoms with Crippen molar-refractivity contribution in [2.75, 3.05) is 18.5 Å². The fourth-order valence-electron chi connectivity index (χ4n) is 2.49. The van der Waals surface area contributed by atoms with Crippen LogP contribution in [0.2, 0.25) is 0 Å². The number of hydrogen-bond donors (Lipinski definition) is 1. The highest BCUT2D eigenvalue weighted by atomic mass is 15.2. The van der Waals surface area contributed by atoms with Gasteiger partial charge in [-0.25, -0.2) is 0 Å². The Morgan fingerprint density at radius 1 is 1.25 bits per heavy atom. The second kappa shape index (κ2) is 5.35. The number of anilines is 1. The third-order valence-electron chi connectivity index (χ3n) is 3.45. The SMILES string of the molecule is CNCc1ccc(N2CCCC[C@H]2C)cc1. The first kappa shape index (κ1) is 11.5. The maximum Gasteiger partial charge on any atom is 0.0368 e. The Hall–Kier alpha value is -1.02. The van der Waals surface area contributed by atoms with Gasteiger partial charge in [-0.15, -0.1) is 0 Å². The van der Waals surface area contributed by atoms with Gasteiger partial charge in [0.05, 0.1) is 0 Å². The zero-order valence-electron chi connectivity index (χ0n) is 10.4. The van der Waals surface area contributed by atoms with Crippen LogP contribution < -0.4 is 10.2 Å². The summed E-state index contributed by atoms with van der Waals surface area (Å²) in [6.07, 6.45) is 4.05. The number of nitrogens with one attached hydrogen (secondary N) is 1. The van der Waals surface area contributed by atoms with Crippen molar-refractivity contribution >= 4 is 5.69 Å². The van der Waals surface area contributed by atoms with E-state index in [0.29, 0.717) is 6.04 Å². The molecule has 2 rings (SSSR count). The summed E-state index contributed by atoms with van der Waals surface area (Å²) in [5.74, 6) is 0. The van der Waals surface area contributed by atoms with Crippen molar-refractivity contribution in [2.24, 2.45) is 0 Å². The Labute approximate surface area is 98.7 Å². The number of piperidine rings is 1. The lowest BCUT2D eigenvalue weighted by Crippen LogP contribution is -2.37. The average Bonchev–Trinajstić information content (AvgIpc) is 2.31. The molecule has 1 aliphatic heterocycles. The first-order chi connectivity index (χ1) is 7.81. The quantitative estimate of drug-likeness (QED) is 0.839. The third-order valence-corrected chi connectivity index (χ3v) is 3.45. The van der Waals surface area contributed by atoms with Gasteiger partial charge in [0.15, 0.2) is 0 Å². The van der Waals surface area contributed by atoms with Crippen LogP contribution in [0.1, 0.15) is 31.7 Å². The van der Waals surface area contributed by atoms with Crippen LogP contribution in [0.3, 0.4) is 0 Å². The number of hydrogen-bond acceptors (Lipinski definition) is 2. The summed E-state index contributed by atoms with van der Waals surface area (Å²) in [6, 6.07) is 9.67. The van der Waals surface area contributed by atoms with Gasteiger partial charge in [0.25, 0.3) is 0 Å². The topological polar surface area (TPSA) is 15.3 Å². The van der Waals surface area contributed by atoms with Crippen LogP contribution in [0, 0.1) is 0 Å². The minimum Gasteiger partial charge on any atom is -0.369 e. The zero-order valence-corrected chi connectivity index (χ0v) is 10.4. The van der Waals surface area contributed by atoms with Crippen molar-refractivity contribution in [2.45, 2.75) is 38.8 Å². The lowest BCUT2D eigenvalue weighted by atomic mass is 10.0. The minimum atomic E-state index is 0.698. The van der Waals surface area contributed by atoms with Gasteiger partial charge in [-0.3, -0.25) is 0 Å². The van der Waals surface area contributed by atoms with E-state index in [4.69, 9.17) is 0 Å². The van der Waals surface area contributed by atoms with Crippen LogP contribution >= 0.6 is 0 Å². The molecule has 16 heavy (non-hydrogen) atoms. The van der Waals surface area contributed by atoms with E-state index in [1.165, 1.54) is 37.1 Å². The molecular weight excluding hydrogens is 196 g/mol. The molecule has 0 bridgehead atoms. The molecule has 1 N–H and O–H groups in total. The molecule has 88 valence electrons. The highest BCUT2D eigenvalue weighted by molar-refractivity contribution is 5.48. The summed E-state index contributed by atoms with van der Waals surface area (Å²) in [4.78, 5) is 2.53. The largest absolute Gasteiger partial charge is 0.369 e. The van der Waals surface area contributed by atoms with Crippen LogP contribution in [-0.4, -0.2) is 19.6 Å². The summed E-state index contributed by atoms with van der Waals surface area (Å²) in [5.41, 5.74) is 2.74. The summed E-state index contributed by atoms with van der Waals surface area (Å²) in [6.45, 7) is 4.50. The van der Waals surface area contributed by atoms with Crippen molar-refractivity contribution < 1.29 is 0 Å². The number of rotatable bonds is 3. The smallest absolute Gasteiger partial charge is 0.0368 e. The molecule has 0 unspecified atom stereocenters. The van der Waals surface area contributed by atoms with Gasteiger partial charge >= 0.3 is 0 Å². The summed E-state index contributed by atoms with van der Waals surface area (Å²) >= 11 is 0. The van der Waals surface area contributed by atoms with E-state index in [1.54, 1.807) is 0 Å². The zero-order chi connectivity index (χ0) is 11.4. The normalized spacial score (nSPS) is 21.1. The second-order valence-electron chi connectivity index (χ2n) is 4.73. The fourth-order valence-corrected chi connectivity index (χ4v) is 2.49. The van der Waals surface area contributed by atoms with E-state index in [1.807, 2.05) is 7.05 Å². The standard InChI is InChI=1S/C14H22N2/c1-12-5-3-4-10-16(12)14-8-6-13(7-9-14)11-15-2/h6-9,12,15H,3-5,10-11H2,1-2H3/t12-/m1/s1. The number of benzene rings is 1. The molecule has 1 aliphatic rings. The predicted molar refractivity (Wildman–Crippen MR) is 69.9 cm³/mol. The van der Waals surface area contributed by atoms with Crippen molar-refractivity contribution in [1.82, 2.24) is 5.32 Å². The van der Waals surface area contributed by atoms with E-state index in [-0.39, 0.29) is 0 Å². The predicted octanol–water partition coefficient (Wildman–Crippen LogP) is 2.78. The molecule has 1 aromatic rings. The van der Waals surface area contributed by atoms with Crippen molar-refractivity contribution in [3.63, 3.8) is 0 Å². The second-order valence-corrected chi connectivity index (χ2v) is 4.73. The molecule has 0 aliphatic carbocycles. The average molecular weight is 218 g/mol. The maximum absolute atomic E-state index is 3.18. The van der Waals surface area contributed by atoms with Gasteiger partial charge in [0.1, 0.15) is 0 Å². The molecule has 2 heteroatoms. The van der Waals surface area contributed by atoms with E-state index in [0.717, 1.165) is 6.54 Å². The molecule has 1 saturated heterocycles. The molecular formula is C14H22N2. The molecule has 0 radical (unpaired) electrons. The molecule has 1 heterocycles. The summed E-state index contributed by atoms with van der Waals surface area (Å²) in [7, 11) is 1.99. The Bertz CT molecular complexity index is 318. The van der Waals surface area contributed by atoms with Crippen LogP contribution in [-0.2, 0) is 6.54 Å². The fraction of sp³-hybridized carbons (Fsp3) is 0.571. The highest BCUT2D eigenvalue weighted by Gasteiger charge is 2.17. The molecule has 2 nitrogen and oxygen atoms in total. The maximum atomic E-state index is 3.18. The third kappa shape index (κ3) is 2.56. The van der Waals surface area contributed by atoms with Crippen LogP contribution in [0.25, 0.3) is 0 Å². The molecule has 0 amide bonds. The van der Waals surface area contributed by atoms with E-state index < -0.39 is 0 Å². The van der Waals surface area contributed by atoms with Crippen LogP contribution in [0.15, 0.2) is 24.3 Å². The van der Waals surface area contributed by atoms with E-state index in [2.05, 4.69) is 41.4 Å². The molecule has 1 aromatic carbocycles. The molecule has 1 atom stereocenters. The van der Waals surface area contributed by atoms with Gasteiger partial charge in [-0.1, -0.05) is 12.1 Å². The van der Waals surface area contributed by atoms with E-state index in [9.17, 15) is 0 Å². The Balaban J connectivity index is 2.08. The Morgan fingerprint density at radius 2 is 2.00 bits per heavy atom. The van der Waals surface area contributed by atoms with Gasteiger partial charge in [0.2, 0.25) is 0 Å². The monoisotopic (exact) mass is 218 g/mol. The lowest BCUT2D eigenvalue weighted by molar-refractivity contribution is 0.485. The molecule has 0 saturated carbocycles. The van der Waals surface area contributed by atoms with Crippen LogP contribution in [0.5, 0.6) is 0 Å². The van der Waals surface area contributed by atoms with Crippen LogP contribution in [0.4, 0.5) is 5.69 Å². The molecule has 0 spiro atoms. The molecule has 0 aromatic heterocycles. The van der Waals surface area contributed by atoms with E-state index >= 15 is 0 Å². The van der Waals surface area contributed by atoms with Crippen molar-refractivity contribution in [3.8, 4) is 0 Å². The van der Waals surface area contributed by atoms with Gasteiger partial charge in [0, 0.05) is 24.8 Å². The Kier molecular flexibility index (Phi) is 3.83. The minimum absolute atomic E-state index is 0.698. The van der Waals surface area contributed by atoms with Gasteiger partial charge in [-0.05, 0) is 50.9 Å². The summed E-state index contributed by atoms with van der Waals surface area (Å²) in [5, 5.41) is 3.18.